The van der Waals surface area contributed by atoms with Crippen LogP contribution >= 0.6 is 15.9 Å². The molecule has 2 amide bonds. The number of nitrogens with one attached hydrogen (secondary N) is 1. The first-order valence-corrected chi connectivity index (χ1v) is 16.3. The topological polar surface area (TPSA) is 86.8 Å². The molecule has 0 spiro atoms. The highest BCUT2D eigenvalue weighted by atomic mass is 79.9. The molecule has 0 aromatic heterocycles. The molecule has 0 saturated carbocycles. The van der Waals surface area contributed by atoms with E-state index in [4.69, 9.17) is 0 Å². The predicted octanol–water partition coefficient (Wildman–Crippen LogP) is 6.12. The second-order valence-electron chi connectivity index (χ2n) is 10.7. The Morgan fingerprint density at radius 2 is 1.42 bits per heavy atom. The van der Waals surface area contributed by atoms with Gasteiger partial charge in [-0.1, -0.05) is 94.3 Å². The van der Waals surface area contributed by atoms with Gasteiger partial charge in [0.2, 0.25) is 11.8 Å². The lowest BCUT2D eigenvalue weighted by molar-refractivity contribution is -0.140. The van der Waals surface area contributed by atoms with Crippen molar-refractivity contribution in [1.29, 1.82) is 0 Å². The summed E-state index contributed by atoms with van der Waals surface area (Å²) in [6, 6.07) is 31.0. The number of hydrogen-bond acceptors (Lipinski definition) is 4. The SMILES string of the molecule is Cc1ccc(S(=O)(=O)N(CC(=O)N(Cc2cccc(Br)c2)[C@@H](Cc2ccccc2)C(=O)NC(C)C)c2ccccc2)cc1. The molecule has 9 heteroatoms. The number of hydrogen-bond donors (Lipinski definition) is 1. The third kappa shape index (κ3) is 8.55. The Morgan fingerprint density at radius 1 is 0.814 bits per heavy atom. The van der Waals surface area contributed by atoms with Gasteiger partial charge in [0.25, 0.3) is 10.0 Å². The standard InChI is InChI=1S/C34H36BrN3O4S/c1-25(2)36-34(40)32(22-27-11-6-4-7-12-27)37(23-28-13-10-14-29(35)21-28)33(39)24-38(30-15-8-5-9-16-30)43(41,42)31-19-17-26(3)18-20-31/h4-21,25,32H,22-24H2,1-3H3,(H,36,40)/t32-/m0/s1. The van der Waals surface area contributed by atoms with Crippen LogP contribution in [0, 0.1) is 6.92 Å². The molecule has 224 valence electrons. The average Bonchev–Trinajstić information content (AvgIpc) is 2.98. The first-order chi connectivity index (χ1) is 20.5. The van der Waals surface area contributed by atoms with E-state index in [0.717, 1.165) is 25.5 Å². The van der Waals surface area contributed by atoms with Crippen molar-refractivity contribution in [2.45, 2.75) is 50.7 Å². The molecule has 4 aromatic carbocycles. The Kier molecular flexibility index (Phi) is 10.8. The van der Waals surface area contributed by atoms with Crippen molar-refractivity contribution >= 4 is 43.5 Å². The van der Waals surface area contributed by atoms with Crippen LogP contribution in [0.25, 0.3) is 0 Å². The number of nitrogens with zero attached hydrogens (tertiary/aromatic N) is 2. The molecule has 0 fully saturated rings. The predicted molar refractivity (Wildman–Crippen MR) is 174 cm³/mol. The van der Waals surface area contributed by atoms with Gasteiger partial charge in [-0.3, -0.25) is 13.9 Å². The minimum atomic E-state index is -4.13. The molecule has 0 bridgehead atoms. The highest BCUT2D eigenvalue weighted by Gasteiger charge is 2.34. The lowest BCUT2D eigenvalue weighted by Crippen LogP contribution is -2.54. The van der Waals surface area contributed by atoms with Gasteiger partial charge in [0, 0.05) is 23.5 Å². The monoisotopic (exact) mass is 661 g/mol. The van der Waals surface area contributed by atoms with Crippen LogP contribution < -0.4 is 9.62 Å². The summed E-state index contributed by atoms with van der Waals surface area (Å²) >= 11 is 3.50. The van der Waals surface area contributed by atoms with Crippen LogP contribution in [0.1, 0.15) is 30.5 Å². The zero-order valence-corrected chi connectivity index (χ0v) is 26.9. The van der Waals surface area contributed by atoms with E-state index in [1.165, 1.54) is 4.90 Å². The maximum Gasteiger partial charge on any atom is 0.264 e. The number of sulfonamides is 1. The number of anilines is 1. The van der Waals surface area contributed by atoms with E-state index in [0.29, 0.717) is 5.69 Å². The number of carbonyl (C=O) groups is 2. The van der Waals surface area contributed by atoms with Crippen LogP contribution in [0.5, 0.6) is 0 Å². The van der Waals surface area contributed by atoms with Gasteiger partial charge < -0.3 is 10.2 Å². The summed E-state index contributed by atoms with van der Waals surface area (Å²) in [5.41, 5.74) is 2.95. The van der Waals surface area contributed by atoms with Gasteiger partial charge in [0.1, 0.15) is 12.6 Å². The van der Waals surface area contributed by atoms with Crippen LogP contribution in [0.3, 0.4) is 0 Å². The Bertz CT molecular complexity index is 1630. The fourth-order valence-corrected chi connectivity index (χ4v) is 6.59. The highest BCUT2D eigenvalue weighted by molar-refractivity contribution is 9.10. The zero-order valence-electron chi connectivity index (χ0n) is 24.5. The lowest BCUT2D eigenvalue weighted by atomic mass is 10.0. The molecule has 7 nitrogen and oxygen atoms in total. The summed E-state index contributed by atoms with van der Waals surface area (Å²) in [5.74, 6) is -0.811. The fraction of sp³-hybridized carbons (Fsp3) is 0.235. The highest BCUT2D eigenvalue weighted by Crippen LogP contribution is 2.25. The maximum atomic E-state index is 14.4. The summed E-state index contributed by atoms with van der Waals surface area (Å²) < 4.78 is 30.0. The maximum absolute atomic E-state index is 14.4. The second-order valence-corrected chi connectivity index (χ2v) is 13.5. The average molecular weight is 663 g/mol. The Hall–Kier alpha value is -3.95. The number of rotatable bonds is 12. The minimum Gasteiger partial charge on any atom is -0.352 e. The van der Waals surface area contributed by atoms with Crippen LogP contribution in [0.15, 0.2) is 119 Å². The van der Waals surface area contributed by atoms with Gasteiger partial charge in [0.05, 0.1) is 10.6 Å². The molecule has 0 radical (unpaired) electrons. The van der Waals surface area contributed by atoms with Gasteiger partial charge in [-0.2, -0.15) is 0 Å². The molecule has 0 heterocycles. The van der Waals surface area contributed by atoms with Crippen LogP contribution in [0.2, 0.25) is 0 Å². The summed E-state index contributed by atoms with van der Waals surface area (Å²) in [4.78, 5) is 29.7. The summed E-state index contributed by atoms with van der Waals surface area (Å²) in [7, 11) is -4.13. The molecule has 0 unspecified atom stereocenters. The quantitative estimate of drug-likeness (QED) is 0.198. The molecule has 4 aromatic rings. The van der Waals surface area contributed by atoms with E-state index >= 15 is 0 Å². The van der Waals surface area contributed by atoms with E-state index in [9.17, 15) is 18.0 Å². The Balaban J connectivity index is 1.79. The number of carbonyl (C=O) groups excluding carboxylic acids is 2. The van der Waals surface area contributed by atoms with Crippen LogP contribution in [-0.4, -0.2) is 43.8 Å². The molecule has 0 aliphatic heterocycles. The lowest BCUT2D eigenvalue weighted by Gasteiger charge is -2.34. The molecule has 1 atom stereocenters. The molecule has 1 N–H and O–H groups in total. The van der Waals surface area contributed by atoms with Gasteiger partial charge in [-0.05, 0) is 68.3 Å². The van der Waals surface area contributed by atoms with Crippen LogP contribution in [-0.2, 0) is 32.6 Å². The molecule has 43 heavy (non-hydrogen) atoms. The van der Waals surface area contributed by atoms with Crippen molar-refractivity contribution < 1.29 is 18.0 Å². The minimum absolute atomic E-state index is 0.0756. The summed E-state index contributed by atoms with van der Waals surface area (Å²) in [6.07, 6.45) is 0.259. The van der Waals surface area contributed by atoms with Gasteiger partial charge >= 0.3 is 0 Å². The van der Waals surface area contributed by atoms with Crippen molar-refractivity contribution in [2.24, 2.45) is 0 Å². The van der Waals surface area contributed by atoms with Crippen molar-refractivity contribution in [3.05, 3.63) is 130 Å². The third-order valence-electron chi connectivity index (χ3n) is 6.88. The molecular weight excluding hydrogens is 626 g/mol. The van der Waals surface area contributed by atoms with E-state index in [2.05, 4.69) is 21.2 Å². The first kappa shape index (κ1) is 32.0. The van der Waals surface area contributed by atoms with Crippen molar-refractivity contribution in [3.8, 4) is 0 Å². The Labute approximate surface area is 262 Å². The number of benzene rings is 4. The largest absolute Gasteiger partial charge is 0.352 e. The third-order valence-corrected chi connectivity index (χ3v) is 9.16. The van der Waals surface area contributed by atoms with Gasteiger partial charge in [-0.25, -0.2) is 8.42 Å². The number of aryl methyl sites for hydroxylation is 1. The zero-order chi connectivity index (χ0) is 31.0. The molecule has 0 aliphatic carbocycles. The first-order valence-electron chi connectivity index (χ1n) is 14.1. The smallest absolute Gasteiger partial charge is 0.264 e. The van der Waals surface area contributed by atoms with Gasteiger partial charge in [0.15, 0.2) is 0 Å². The number of halogens is 1. The second kappa shape index (κ2) is 14.5. The van der Waals surface area contributed by atoms with Crippen molar-refractivity contribution in [1.82, 2.24) is 10.2 Å². The van der Waals surface area contributed by atoms with Crippen molar-refractivity contribution in [3.63, 3.8) is 0 Å². The molecule has 0 aliphatic rings. The van der Waals surface area contributed by atoms with Crippen LogP contribution in [0.4, 0.5) is 5.69 Å². The van der Waals surface area contributed by atoms with E-state index in [1.807, 2.05) is 75.4 Å². The summed E-state index contributed by atoms with van der Waals surface area (Å²) in [5, 5.41) is 2.97. The molecule has 4 rings (SSSR count). The molecule has 0 saturated heterocycles. The van der Waals surface area contributed by atoms with Crippen molar-refractivity contribution in [2.75, 3.05) is 10.8 Å². The van der Waals surface area contributed by atoms with E-state index in [1.54, 1.807) is 54.6 Å². The summed E-state index contributed by atoms with van der Waals surface area (Å²) in [6.45, 7) is 5.22. The molecular formula is C34H36BrN3O4S. The number of para-hydroxylation sites is 1. The number of amides is 2. The fourth-order valence-electron chi connectivity index (χ4n) is 4.73. The Morgan fingerprint density at radius 3 is 2.02 bits per heavy atom. The van der Waals surface area contributed by atoms with E-state index < -0.39 is 28.5 Å². The van der Waals surface area contributed by atoms with Gasteiger partial charge in [-0.15, -0.1) is 0 Å². The normalized spacial score (nSPS) is 12.0. The van der Waals surface area contributed by atoms with E-state index in [-0.39, 0.29) is 29.8 Å².